The minimum atomic E-state index is -0.312. The number of methoxy groups -OCH3 is 1. The molecule has 0 aromatic carbocycles. The second-order valence-electron chi connectivity index (χ2n) is 4.45. The van der Waals surface area contributed by atoms with Crippen molar-refractivity contribution >= 4 is 11.8 Å². The van der Waals surface area contributed by atoms with Gasteiger partial charge in [0.15, 0.2) is 0 Å². The van der Waals surface area contributed by atoms with E-state index in [4.69, 9.17) is 4.74 Å². The van der Waals surface area contributed by atoms with Crippen molar-refractivity contribution in [3.8, 4) is 0 Å². The molecule has 1 heterocycles. The summed E-state index contributed by atoms with van der Waals surface area (Å²) in [5.41, 5.74) is 0. The number of piperazine rings is 1. The van der Waals surface area contributed by atoms with Crippen LogP contribution in [0.1, 0.15) is 33.1 Å². The number of hydrogen-bond acceptors (Lipinski definition) is 3. The van der Waals surface area contributed by atoms with Gasteiger partial charge in [0.05, 0.1) is 6.54 Å². The van der Waals surface area contributed by atoms with Crippen LogP contribution in [0.25, 0.3) is 0 Å². The quantitative estimate of drug-likeness (QED) is 0.739. The van der Waals surface area contributed by atoms with E-state index in [2.05, 4.69) is 5.32 Å². The van der Waals surface area contributed by atoms with Gasteiger partial charge in [-0.25, -0.2) is 0 Å². The second kappa shape index (κ2) is 6.59. The van der Waals surface area contributed by atoms with E-state index in [0.717, 1.165) is 19.3 Å². The molecule has 0 aliphatic carbocycles. The van der Waals surface area contributed by atoms with Gasteiger partial charge in [0.1, 0.15) is 6.04 Å². The van der Waals surface area contributed by atoms with Crippen LogP contribution in [0.15, 0.2) is 0 Å². The average Bonchev–Trinajstić information content (AvgIpc) is 2.31. The summed E-state index contributed by atoms with van der Waals surface area (Å²) in [4.78, 5) is 25.4. The number of hydrogen-bond donors (Lipinski definition) is 1. The third kappa shape index (κ3) is 3.43. The van der Waals surface area contributed by atoms with Crippen molar-refractivity contribution in [2.24, 2.45) is 0 Å². The lowest BCUT2D eigenvalue weighted by Crippen LogP contribution is -2.61. The topological polar surface area (TPSA) is 58.6 Å². The van der Waals surface area contributed by atoms with Crippen LogP contribution in [0, 0.1) is 0 Å². The summed E-state index contributed by atoms with van der Waals surface area (Å²) in [5.74, 6) is -0.0256. The zero-order valence-electron chi connectivity index (χ0n) is 10.9. The van der Waals surface area contributed by atoms with E-state index in [1.54, 1.807) is 12.0 Å². The fourth-order valence-corrected chi connectivity index (χ4v) is 2.20. The highest BCUT2D eigenvalue weighted by Gasteiger charge is 2.36. The number of nitrogens with zero attached hydrogens (tertiary/aromatic N) is 1. The lowest BCUT2D eigenvalue weighted by atomic mass is 10.0. The first-order valence-corrected chi connectivity index (χ1v) is 6.19. The monoisotopic (exact) mass is 242 g/mol. The van der Waals surface area contributed by atoms with E-state index in [9.17, 15) is 9.59 Å². The maximum absolute atomic E-state index is 11.9. The maximum atomic E-state index is 11.9. The van der Waals surface area contributed by atoms with Crippen molar-refractivity contribution in [2.45, 2.75) is 45.2 Å². The summed E-state index contributed by atoms with van der Waals surface area (Å²) < 4.78 is 5.02. The first-order chi connectivity index (χ1) is 8.11. The Labute approximate surface area is 102 Å². The zero-order chi connectivity index (χ0) is 12.8. The lowest BCUT2D eigenvalue weighted by molar-refractivity contribution is -0.148. The van der Waals surface area contributed by atoms with Crippen molar-refractivity contribution in [3.05, 3.63) is 0 Å². The molecule has 0 radical (unpaired) electrons. The molecule has 98 valence electrons. The zero-order valence-corrected chi connectivity index (χ0v) is 10.9. The molecule has 1 aliphatic heterocycles. The van der Waals surface area contributed by atoms with Crippen LogP contribution >= 0.6 is 0 Å². The van der Waals surface area contributed by atoms with Crippen molar-refractivity contribution in [1.82, 2.24) is 10.2 Å². The van der Waals surface area contributed by atoms with Crippen LogP contribution in [0.5, 0.6) is 0 Å². The van der Waals surface area contributed by atoms with Gasteiger partial charge in [0.25, 0.3) is 0 Å². The number of ether oxygens (including phenoxy) is 1. The van der Waals surface area contributed by atoms with Gasteiger partial charge in [0.2, 0.25) is 11.8 Å². The molecule has 2 atom stereocenters. The Hall–Kier alpha value is -1.10. The van der Waals surface area contributed by atoms with E-state index in [0.29, 0.717) is 6.61 Å². The lowest BCUT2D eigenvalue weighted by Gasteiger charge is -2.39. The second-order valence-corrected chi connectivity index (χ2v) is 4.45. The third-order valence-corrected chi connectivity index (χ3v) is 3.12. The molecule has 1 saturated heterocycles. The largest absolute Gasteiger partial charge is 0.385 e. The van der Waals surface area contributed by atoms with Crippen LogP contribution in [0.3, 0.4) is 0 Å². The van der Waals surface area contributed by atoms with Gasteiger partial charge in [-0.15, -0.1) is 0 Å². The molecule has 1 aliphatic rings. The van der Waals surface area contributed by atoms with Gasteiger partial charge in [-0.3, -0.25) is 9.59 Å². The summed E-state index contributed by atoms with van der Waals surface area (Å²) in [6, 6.07) is -0.266. The highest BCUT2D eigenvalue weighted by atomic mass is 16.5. The van der Waals surface area contributed by atoms with Crippen LogP contribution in [-0.4, -0.2) is 49.1 Å². The molecule has 1 fully saturated rings. The van der Waals surface area contributed by atoms with Crippen LogP contribution in [0.2, 0.25) is 0 Å². The van der Waals surface area contributed by atoms with E-state index in [1.165, 1.54) is 0 Å². The summed E-state index contributed by atoms with van der Waals surface area (Å²) in [6.45, 7) is 4.71. The van der Waals surface area contributed by atoms with Crippen LogP contribution < -0.4 is 5.32 Å². The van der Waals surface area contributed by atoms with E-state index in [1.807, 2.05) is 13.8 Å². The van der Waals surface area contributed by atoms with E-state index < -0.39 is 0 Å². The Kier molecular flexibility index (Phi) is 5.41. The highest BCUT2D eigenvalue weighted by Crippen LogP contribution is 2.17. The summed E-state index contributed by atoms with van der Waals surface area (Å²) in [5, 5.41) is 2.65. The molecule has 0 spiro atoms. The summed E-state index contributed by atoms with van der Waals surface area (Å²) in [6.07, 6.45) is 2.36. The molecule has 17 heavy (non-hydrogen) atoms. The molecule has 0 aromatic heterocycles. The minimum Gasteiger partial charge on any atom is -0.385 e. The smallest absolute Gasteiger partial charge is 0.243 e. The molecule has 2 amide bonds. The standard InChI is InChI=1S/C12H22N2O3/c1-4-5-10-12(16)13-8-11(15)14(10)9(2)6-7-17-3/h9-10H,4-8H2,1-3H3,(H,13,16). The summed E-state index contributed by atoms with van der Waals surface area (Å²) >= 11 is 0. The molecule has 5 nitrogen and oxygen atoms in total. The Morgan fingerprint density at radius 1 is 1.53 bits per heavy atom. The number of carbonyl (C=O) groups is 2. The van der Waals surface area contributed by atoms with Crippen molar-refractivity contribution in [2.75, 3.05) is 20.3 Å². The van der Waals surface area contributed by atoms with Crippen LogP contribution in [-0.2, 0) is 14.3 Å². The van der Waals surface area contributed by atoms with Crippen molar-refractivity contribution < 1.29 is 14.3 Å². The van der Waals surface area contributed by atoms with E-state index >= 15 is 0 Å². The van der Waals surface area contributed by atoms with Gasteiger partial charge < -0.3 is 15.0 Å². The van der Waals surface area contributed by atoms with Crippen molar-refractivity contribution in [3.63, 3.8) is 0 Å². The van der Waals surface area contributed by atoms with Gasteiger partial charge in [-0.05, 0) is 19.8 Å². The highest BCUT2D eigenvalue weighted by molar-refractivity contribution is 5.94. The molecular weight excluding hydrogens is 220 g/mol. The normalized spacial score (nSPS) is 22.5. The first kappa shape index (κ1) is 14.0. The predicted octanol–water partition coefficient (Wildman–Crippen LogP) is 0.539. The SMILES string of the molecule is CCCC1C(=O)NCC(=O)N1C(C)CCOC. The van der Waals surface area contributed by atoms with Crippen molar-refractivity contribution in [1.29, 1.82) is 0 Å². The Balaban J connectivity index is 2.73. The molecule has 1 N–H and O–H groups in total. The average molecular weight is 242 g/mol. The summed E-state index contributed by atoms with van der Waals surface area (Å²) in [7, 11) is 1.64. The van der Waals surface area contributed by atoms with Gasteiger partial charge in [0, 0.05) is 19.8 Å². The number of nitrogens with one attached hydrogen (secondary N) is 1. The third-order valence-electron chi connectivity index (χ3n) is 3.12. The molecule has 0 bridgehead atoms. The fraction of sp³-hybridized carbons (Fsp3) is 0.833. The number of amides is 2. The molecule has 2 unspecified atom stereocenters. The Morgan fingerprint density at radius 3 is 2.82 bits per heavy atom. The van der Waals surface area contributed by atoms with E-state index in [-0.39, 0.29) is 30.4 Å². The fourth-order valence-electron chi connectivity index (χ4n) is 2.20. The van der Waals surface area contributed by atoms with Gasteiger partial charge in [-0.1, -0.05) is 13.3 Å². The van der Waals surface area contributed by atoms with Crippen LogP contribution in [0.4, 0.5) is 0 Å². The minimum absolute atomic E-state index is 0.00616. The maximum Gasteiger partial charge on any atom is 0.243 e. The Bertz CT molecular complexity index is 281. The molecule has 1 rings (SSSR count). The molecule has 5 heteroatoms. The number of rotatable bonds is 6. The molecule has 0 saturated carbocycles. The van der Waals surface area contributed by atoms with Gasteiger partial charge in [-0.2, -0.15) is 0 Å². The first-order valence-electron chi connectivity index (χ1n) is 6.19. The Morgan fingerprint density at radius 2 is 2.24 bits per heavy atom. The predicted molar refractivity (Wildman–Crippen MR) is 64.5 cm³/mol. The molecule has 0 aromatic rings. The van der Waals surface area contributed by atoms with Gasteiger partial charge >= 0.3 is 0 Å². The number of carbonyl (C=O) groups excluding carboxylic acids is 2. The molecular formula is C12H22N2O3.